The normalized spacial score (nSPS) is 12.8. The summed E-state index contributed by atoms with van der Waals surface area (Å²) in [5, 5.41) is 0. The molecule has 1 aromatic rings. The molecule has 19 heavy (non-hydrogen) atoms. The van der Waals surface area contributed by atoms with Gasteiger partial charge >= 0.3 is 15.5 Å². The van der Waals surface area contributed by atoms with Gasteiger partial charge in [-0.1, -0.05) is 29.8 Å². The maximum absolute atomic E-state index is 12.7. The van der Waals surface area contributed by atoms with Crippen molar-refractivity contribution in [1.29, 1.82) is 0 Å². The number of benzene rings is 1. The zero-order valence-corrected chi connectivity index (χ0v) is 12.7. The third-order valence-corrected chi connectivity index (χ3v) is 4.28. The van der Waals surface area contributed by atoms with Crippen LogP contribution in [-0.2, 0) is 10.0 Å². The average molecular weight is 360 g/mol. The van der Waals surface area contributed by atoms with Crippen LogP contribution >= 0.6 is 15.9 Å². The van der Waals surface area contributed by atoms with Crippen molar-refractivity contribution in [2.45, 2.75) is 19.4 Å². The fraction of sp³-hybridized carbons (Fsp3) is 0.455. The van der Waals surface area contributed by atoms with Gasteiger partial charge in [0.15, 0.2) is 0 Å². The second-order valence-corrected chi connectivity index (χ2v) is 7.12. The highest BCUT2D eigenvalue weighted by Gasteiger charge is 2.50. The van der Waals surface area contributed by atoms with E-state index in [4.69, 9.17) is 0 Å². The summed E-state index contributed by atoms with van der Waals surface area (Å²) in [5.41, 5.74) is -5.32. The number of alkyl halides is 3. The SMILES string of the molecule is CC(C)CN(c1ccc(Br)cc1)S(=O)(=O)C(F)(F)F. The quantitative estimate of drug-likeness (QED) is 0.820. The molecule has 0 saturated carbocycles. The van der Waals surface area contributed by atoms with E-state index >= 15 is 0 Å². The number of nitrogens with zero attached hydrogens (tertiary/aromatic N) is 1. The summed E-state index contributed by atoms with van der Waals surface area (Å²) in [6.07, 6.45) is 0. The molecule has 0 bridgehead atoms. The van der Waals surface area contributed by atoms with Crippen LogP contribution < -0.4 is 4.31 Å². The van der Waals surface area contributed by atoms with Crippen LogP contribution in [0.25, 0.3) is 0 Å². The largest absolute Gasteiger partial charge is 0.516 e. The lowest BCUT2D eigenvalue weighted by molar-refractivity contribution is -0.0438. The van der Waals surface area contributed by atoms with Crippen LogP contribution in [0.15, 0.2) is 28.7 Å². The first kappa shape index (κ1) is 16.3. The third kappa shape index (κ3) is 3.85. The highest BCUT2D eigenvalue weighted by atomic mass is 79.9. The average Bonchev–Trinajstić information content (AvgIpc) is 2.25. The fourth-order valence-electron chi connectivity index (χ4n) is 1.41. The summed E-state index contributed by atoms with van der Waals surface area (Å²) in [7, 11) is -5.38. The number of rotatable bonds is 4. The Morgan fingerprint density at radius 1 is 1.21 bits per heavy atom. The topological polar surface area (TPSA) is 37.4 Å². The smallest absolute Gasteiger partial charge is 0.262 e. The van der Waals surface area contributed by atoms with Gasteiger partial charge in [0.25, 0.3) is 0 Å². The molecule has 0 N–H and O–H groups in total. The van der Waals surface area contributed by atoms with E-state index in [1.807, 2.05) is 0 Å². The van der Waals surface area contributed by atoms with Crippen molar-refractivity contribution in [1.82, 2.24) is 0 Å². The highest BCUT2D eigenvalue weighted by Crippen LogP contribution is 2.32. The van der Waals surface area contributed by atoms with Gasteiger partial charge in [-0.2, -0.15) is 21.6 Å². The molecule has 1 aromatic carbocycles. The lowest BCUT2D eigenvalue weighted by Gasteiger charge is -2.26. The zero-order valence-electron chi connectivity index (χ0n) is 10.3. The van der Waals surface area contributed by atoms with Crippen molar-refractivity contribution >= 4 is 31.6 Å². The van der Waals surface area contributed by atoms with E-state index in [-0.39, 0.29) is 18.2 Å². The summed E-state index contributed by atoms with van der Waals surface area (Å²) < 4.78 is 62.2. The van der Waals surface area contributed by atoms with Crippen LogP contribution in [0.2, 0.25) is 0 Å². The molecule has 0 heterocycles. The molecule has 8 heteroatoms. The maximum Gasteiger partial charge on any atom is 0.516 e. The van der Waals surface area contributed by atoms with Gasteiger partial charge in [-0.25, -0.2) is 0 Å². The van der Waals surface area contributed by atoms with Gasteiger partial charge < -0.3 is 0 Å². The predicted octanol–water partition coefficient (Wildman–Crippen LogP) is 3.76. The first-order valence-corrected chi connectivity index (χ1v) is 7.63. The lowest BCUT2D eigenvalue weighted by Crippen LogP contribution is -2.42. The van der Waals surface area contributed by atoms with E-state index in [9.17, 15) is 21.6 Å². The van der Waals surface area contributed by atoms with Crippen molar-refractivity contribution in [2.24, 2.45) is 5.92 Å². The number of sulfonamides is 1. The molecule has 3 nitrogen and oxygen atoms in total. The minimum atomic E-state index is -5.38. The standard InChI is InChI=1S/C11H13BrF3NO2S/c1-8(2)7-16(19(17,18)11(13,14)15)10-5-3-9(12)4-6-10/h3-6,8H,7H2,1-2H3. The Balaban J connectivity index is 3.27. The van der Waals surface area contributed by atoms with E-state index in [0.717, 1.165) is 0 Å². The van der Waals surface area contributed by atoms with Crippen LogP contribution in [0.3, 0.4) is 0 Å². The van der Waals surface area contributed by atoms with Crippen LogP contribution in [0.1, 0.15) is 13.8 Å². The zero-order chi connectivity index (χ0) is 14.8. The molecular formula is C11H13BrF3NO2S. The summed E-state index contributed by atoms with van der Waals surface area (Å²) in [5.74, 6) is -0.235. The molecule has 0 aliphatic heterocycles. The van der Waals surface area contributed by atoms with Gasteiger partial charge in [-0.05, 0) is 30.2 Å². The van der Waals surface area contributed by atoms with Crippen molar-refractivity contribution in [3.63, 3.8) is 0 Å². The molecule has 1 rings (SSSR count). The lowest BCUT2D eigenvalue weighted by atomic mass is 10.2. The molecule has 0 amide bonds. The van der Waals surface area contributed by atoms with Gasteiger partial charge in [0, 0.05) is 11.0 Å². The molecule has 0 aliphatic carbocycles. The van der Waals surface area contributed by atoms with Crippen molar-refractivity contribution in [3.8, 4) is 0 Å². The summed E-state index contributed by atoms with van der Waals surface area (Å²) >= 11 is 3.15. The first-order valence-electron chi connectivity index (χ1n) is 5.40. The van der Waals surface area contributed by atoms with Crippen LogP contribution in [-0.4, -0.2) is 20.5 Å². The van der Waals surface area contributed by atoms with Gasteiger partial charge in [0.1, 0.15) is 0 Å². The fourth-order valence-corrected chi connectivity index (χ4v) is 2.81. The van der Waals surface area contributed by atoms with E-state index in [1.54, 1.807) is 13.8 Å². The van der Waals surface area contributed by atoms with Crippen LogP contribution in [0.4, 0.5) is 18.9 Å². The summed E-state index contributed by atoms with van der Waals surface area (Å²) in [6, 6.07) is 5.65. The Labute approximate surface area is 118 Å². The molecule has 0 atom stereocenters. The Hall–Kier alpha value is -0.760. The Morgan fingerprint density at radius 3 is 2.05 bits per heavy atom. The van der Waals surface area contributed by atoms with E-state index in [1.165, 1.54) is 24.3 Å². The monoisotopic (exact) mass is 359 g/mol. The second-order valence-electron chi connectivity index (χ2n) is 4.35. The highest BCUT2D eigenvalue weighted by molar-refractivity contribution is 9.10. The van der Waals surface area contributed by atoms with E-state index in [2.05, 4.69) is 15.9 Å². The number of anilines is 1. The number of halogens is 4. The molecule has 0 radical (unpaired) electrons. The van der Waals surface area contributed by atoms with E-state index in [0.29, 0.717) is 8.78 Å². The van der Waals surface area contributed by atoms with E-state index < -0.39 is 15.5 Å². The van der Waals surface area contributed by atoms with Gasteiger partial charge in [0.2, 0.25) is 0 Å². The Kier molecular flexibility index (Phi) is 4.89. The van der Waals surface area contributed by atoms with Crippen molar-refractivity contribution in [3.05, 3.63) is 28.7 Å². The second kappa shape index (κ2) is 5.70. The number of hydrogen-bond acceptors (Lipinski definition) is 2. The number of hydrogen-bond donors (Lipinski definition) is 0. The summed E-state index contributed by atoms with van der Waals surface area (Å²) in [6.45, 7) is 3.07. The van der Waals surface area contributed by atoms with Crippen LogP contribution in [0.5, 0.6) is 0 Å². The molecule has 0 unspecified atom stereocenters. The minimum absolute atomic E-state index is 0.00535. The third-order valence-electron chi connectivity index (χ3n) is 2.23. The Bertz CT molecular complexity index is 526. The van der Waals surface area contributed by atoms with Gasteiger partial charge in [-0.15, -0.1) is 0 Å². The maximum atomic E-state index is 12.7. The predicted molar refractivity (Wildman–Crippen MR) is 71.3 cm³/mol. The van der Waals surface area contributed by atoms with Crippen molar-refractivity contribution < 1.29 is 21.6 Å². The molecule has 108 valence electrons. The molecule has 0 aromatic heterocycles. The van der Waals surface area contributed by atoms with Gasteiger partial charge in [0.05, 0.1) is 5.69 Å². The molecular weight excluding hydrogens is 347 g/mol. The van der Waals surface area contributed by atoms with Crippen LogP contribution in [0, 0.1) is 5.92 Å². The Morgan fingerprint density at radius 2 is 1.68 bits per heavy atom. The summed E-state index contributed by atoms with van der Waals surface area (Å²) in [4.78, 5) is 0. The van der Waals surface area contributed by atoms with Crippen molar-refractivity contribution in [2.75, 3.05) is 10.8 Å². The molecule has 0 saturated heterocycles. The molecule has 0 fully saturated rings. The molecule has 0 spiro atoms. The molecule has 0 aliphatic rings. The van der Waals surface area contributed by atoms with Gasteiger partial charge in [-0.3, -0.25) is 4.31 Å². The first-order chi connectivity index (χ1) is 8.55. The minimum Gasteiger partial charge on any atom is -0.262 e.